The van der Waals surface area contributed by atoms with Crippen LogP contribution in [0.2, 0.25) is 10.0 Å². The first-order valence-corrected chi connectivity index (χ1v) is 11.2. The Bertz CT molecular complexity index is 1280. The lowest BCUT2D eigenvalue weighted by molar-refractivity contribution is -0.133. The minimum Gasteiger partial charge on any atom is -0.455 e. The SMILES string of the molecule is Cc1ccc(Oc2ccccc2NC(=O)CN2C(=O)NC(C)(c3ccc(Cl)c(Cl)c3)C2=O)cc1. The molecule has 1 heterocycles. The van der Waals surface area contributed by atoms with E-state index in [1.807, 2.05) is 31.2 Å². The van der Waals surface area contributed by atoms with E-state index in [-0.39, 0.29) is 5.02 Å². The number of imide groups is 1. The fourth-order valence-electron chi connectivity index (χ4n) is 3.57. The molecule has 4 amide bonds. The van der Waals surface area contributed by atoms with Gasteiger partial charge < -0.3 is 15.4 Å². The maximum absolute atomic E-state index is 13.1. The van der Waals surface area contributed by atoms with Crippen LogP contribution < -0.4 is 15.4 Å². The fraction of sp³-hybridized carbons (Fsp3) is 0.160. The molecule has 1 aliphatic rings. The number of para-hydroxylation sites is 2. The second-order valence-corrected chi connectivity index (χ2v) is 8.85. The van der Waals surface area contributed by atoms with E-state index < -0.39 is 29.9 Å². The van der Waals surface area contributed by atoms with Gasteiger partial charge in [0, 0.05) is 0 Å². The van der Waals surface area contributed by atoms with Crippen LogP contribution in [0, 0.1) is 6.92 Å². The number of anilines is 1. The molecule has 2 N–H and O–H groups in total. The first-order valence-electron chi connectivity index (χ1n) is 10.4. The molecule has 174 valence electrons. The Labute approximate surface area is 206 Å². The highest BCUT2D eigenvalue weighted by Crippen LogP contribution is 2.33. The lowest BCUT2D eigenvalue weighted by Crippen LogP contribution is -2.42. The molecule has 0 aliphatic carbocycles. The van der Waals surface area contributed by atoms with Crippen molar-refractivity contribution >= 4 is 46.7 Å². The summed E-state index contributed by atoms with van der Waals surface area (Å²) in [5, 5.41) is 5.94. The van der Waals surface area contributed by atoms with Crippen molar-refractivity contribution in [2.45, 2.75) is 19.4 Å². The number of hydrogen-bond donors (Lipinski definition) is 2. The molecular weight excluding hydrogens is 477 g/mol. The van der Waals surface area contributed by atoms with Crippen LogP contribution in [-0.4, -0.2) is 29.3 Å². The first-order chi connectivity index (χ1) is 16.2. The van der Waals surface area contributed by atoms with Gasteiger partial charge in [-0.3, -0.25) is 14.5 Å². The Morgan fingerprint density at radius 3 is 2.44 bits per heavy atom. The molecule has 0 radical (unpaired) electrons. The molecule has 1 atom stereocenters. The number of hydrogen-bond acceptors (Lipinski definition) is 4. The predicted molar refractivity (Wildman–Crippen MR) is 130 cm³/mol. The van der Waals surface area contributed by atoms with Crippen molar-refractivity contribution in [2.24, 2.45) is 0 Å². The van der Waals surface area contributed by atoms with Gasteiger partial charge in [-0.2, -0.15) is 0 Å². The Kier molecular flexibility index (Phi) is 6.50. The Morgan fingerprint density at radius 2 is 1.74 bits per heavy atom. The highest BCUT2D eigenvalue weighted by molar-refractivity contribution is 6.42. The van der Waals surface area contributed by atoms with Gasteiger partial charge in [0.05, 0.1) is 15.7 Å². The lowest BCUT2D eigenvalue weighted by Gasteiger charge is -2.22. The summed E-state index contributed by atoms with van der Waals surface area (Å²) in [7, 11) is 0. The molecule has 3 aromatic rings. The van der Waals surface area contributed by atoms with Gasteiger partial charge in [0.25, 0.3) is 5.91 Å². The van der Waals surface area contributed by atoms with E-state index in [0.717, 1.165) is 10.5 Å². The van der Waals surface area contributed by atoms with E-state index in [2.05, 4.69) is 10.6 Å². The Morgan fingerprint density at radius 1 is 1.03 bits per heavy atom. The van der Waals surface area contributed by atoms with Crippen molar-refractivity contribution in [1.82, 2.24) is 10.2 Å². The van der Waals surface area contributed by atoms with E-state index in [1.54, 1.807) is 43.3 Å². The molecule has 7 nitrogen and oxygen atoms in total. The number of amides is 4. The van der Waals surface area contributed by atoms with Crippen LogP contribution in [0.1, 0.15) is 18.1 Å². The molecule has 0 bridgehead atoms. The summed E-state index contributed by atoms with van der Waals surface area (Å²) in [5.41, 5.74) is 0.584. The summed E-state index contributed by atoms with van der Waals surface area (Å²) in [4.78, 5) is 39.3. The second-order valence-electron chi connectivity index (χ2n) is 8.03. The quantitative estimate of drug-likeness (QED) is 0.440. The predicted octanol–water partition coefficient (Wildman–Crippen LogP) is 5.50. The van der Waals surface area contributed by atoms with E-state index in [9.17, 15) is 14.4 Å². The van der Waals surface area contributed by atoms with Crippen molar-refractivity contribution in [3.05, 3.63) is 87.9 Å². The Balaban J connectivity index is 1.48. The molecule has 9 heteroatoms. The molecule has 34 heavy (non-hydrogen) atoms. The first kappa shape index (κ1) is 23.6. The van der Waals surface area contributed by atoms with Gasteiger partial charge in [0.2, 0.25) is 5.91 Å². The number of rotatable bonds is 6. The van der Waals surface area contributed by atoms with Gasteiger partial charge in [0.15, 0.2) is 5.75 Å². The summed E-state index contributed by atoms with van der Waals surface area (Å²) >= 11 is 12.0. The van der Waals surface area contributed by atoms with Gasteiger partial charge in [-0.1, -0.05) is 59.1 Å². The van der Waals surface area contributed by atoms with E-state index in [0.29, 0.717) is 27.8 Å². The lowest BCUT2D eigenvalue weighted by atomic mass is 9.92. The van der Waals surface area contributed by atoms with Crippen LogP contribution in [0.15, 0.2) is 66.7 Å². The topological polar surface area (TPSA) is 87.7 Å². The van der Waals surface area contributed by atoms with Gasteiger partial charge in [-0.15, -0.1) is 0 Å². The average molecular weight is 498 g/mol. The molecule has 4 rings (SSSR count). The summed E-state index contributed by atoms with van der Waals surface area (Å²) in [6, 6.07) is 18.4. The van der Waals surface area contributed by atoms with Crippen LogP contribution in [0.25, 0.3) is 0 Å². The maximum Gasteiger partial charge on any atom is 0.325 e. The number of carbonyl (C=O) groups is 3. The number of aryl methyl sites for hydroxylation is 1. The number of ether oxygens (including phenoxy) is 1. The third-order valence-electron chi connectivity index (χ3n) is 5.48. The van der Waals surface area contributed by atoms with Gasteiger partial charge in [0.1, 0.15) is 17.8 Å². The summed E-state index contributed by atoms with van der Waals surface area (Å²) in [5.74, 6) is -0.0894. The second kappa shape index (κ2) is 9.37. The van der Waals surface area contributed by atoms with Crippen molar-refractivity contribution in [3.8, 4) is 11.5 Å². The number of halogens is 2. The number of urea groups is 1. The maximum atomic E-state index is 13.1. The number of nitrogens with one attached hydrogen (secondary N) is 2. The van der Waals surface area contributed by atoms with E-state index in [1.165, 1.54) is 6.07 Å². The van der Waals surface area contributed by atoms with Crippen LogP contribution in [0.4, 0.5) is 10.5 Å². The van der Waals surface area contributed by atoms with Crippen LogP contribution in [0.3, 0.4) is 0 Å². The summed E-state index contributed by atoms with van der Waals surface area (Å²) in [6.07, 6.45) is 0. The van der Waals surface area contributed by atoms with Gasteiger partial charge in [-0.25, -0.2) is 4.79 Å². The monoisotopic (exact) mass is 497 g/mol. The highest BCUT2D eigenvalue weighted by atomic mass is 35.5. The molecule has 1 saturated heterocycles. The fourth-order valence-corrected chi connectivity index (χ4v) is 3.87. The van der Waals surface area contributed by atoms with Crippen LogP contribution in [-0.2, 0) is 15.1 Å². The van der Waals surface area contributed by atoms with Gasteiger partial charge >= 0.3 is 6.03 Å². The standard InChI is InChI=1S/C25H21Cl2N3O4/c1-15-7-10-17(11-8-15)34-21-6-4-3-5-20(21)28-22(31)14-30-23(32)25(2,29-24(30)33)16-9-12-18(26)19(27)13-16/h3-13H,14H2,1-2H3,(H,28,31)(H,29,33). The van der Waals surface area contributed by atoms with Crippen molar-refractivity contribution in [1.29, 1.82) is 0 Å². The highest BCUT2D eigenvalue weighted by Gasteiger charge is 2.49. The molecular formula is C25H21Cl2N3O4. The third kappa shape index (κ3) is 4.71. The minimum absolute atomic E-state index is 0.254. The van der Waals surface area contributed by atoms with E-state index >= 15 is 0 Å². The molecule has 1 aliphatic heterocycles. The average Bonchev–Trinajstić information content (AvgIpc) is 3.02. The minimum atomic E-state index is -1.38. The molecule has 0 saturated carbocycles. The van der Waals surface area contributed by atoms with Crippen molar-refractivity contribution in [2.75, 3.05) is 11.9 Å². The van der Waals surface area contributed by atoms with Gasteiger partial charge in [-0.05, 0) is 55.8 Å². The summed E-state index contributed by atoms with van der Waals surface area (Å²) < 4.78 is 5.89. The van der Waals surface area contributed by atoms with Crippen LogP contribution >= 0.6 is 23.2 Å². The molecule has 0 spiro atoms. The van der Waals surface area contributed by atoms with Crippen molar-refractivity contribution < 1.29 is 19.1 Å². The largest absolute Gasteiger partial charge is 0.455 e. The number of carbonyl (C=O) groups excluding carboxylic acids is 3. The zero-order valence-electron chi connectivity index (χ0n) is 18.4. The van der Waals surface area contributed by atoms with E-state index in [4.69, 9.17) is 27.9 Å². The molecule has 1 unspecified atom stereocenters. The van der Waals surface area contributed by atoms with Crippen LogP contribution in [0.5, 0.6) is 11.5 Å². The molecule has 0 aromatic heterocycles. The zero-order chi connectivity index (χ0) is 24.5. The zero-order valence-corrected chi connectivity index (χ0v) is 19.9. The molecule has 1 fully saturated rings. The molecule has 3 aromatic carbocycles. The Hall–Kier alpha value is -3.55. The van der Waals surface area contributed by atoms with Crippen molar-refractivity contribution in [3.63, 3.8) is 0 Å². The normalized spacial score (nSPS) is 17.5. The number of nitrogens with zero attached hydrogens (tertiary/aromatic N) is 1. The third-order valence-corrected chi connectivity index (χ3v) is 6.22. The number of benzene rings is 3. The smallest absolute Gasteiger partial charge is 0.325 e. The summed E-state index contributed by atoms with van der Waals surface area (Å²) in [6.45, 7) is 3.05.